The zero-order chi connectivity index (χ0) is 11.3. The molecule has 0 amide bonds. The van der Waals surface area contributed by atoms with Crippen molar-refractivity contribution in [2.75, 3.05) is 6.54 Å². The Kier molecular flexibility index (Phi) is 5.09. The van der Waals surface area contributed by atoms with Crippen LogP contribution < -0.4 is 5.32 Å². The van der Waals surface area contributed by atoms with Gasteiger partial charge in [0, 0.05) is 17.6 Å². The molecule has 0 radical (unpaired) electrons. The van der Waals surface area contributed by atoms with E-state index in [0.29, 0.717) is 12.6 Å². The maximum atomic E-state index is 9.12. The van der Waals surface area contributed by atoms with Gasteiger partial charge in [0.25, 0.3) is 0 Å². The van der Waals surface area contributed by atoms with Gasteiger partial charge in [-0.25, -0.2) is 0 Å². The van der Waals surface area contributed by atoms with Crippen molar-refractivity contribution in [1.29, 1.82) is 0 Å². The highest BCUT2D eigenvalue weighted by molar-refractivity contribution is 6.30. The summed E-state index contributed by atoms with van der Waals surface area (Å²) in [5, 5.41) is 13.2. The van der Waals surface area contributed by atoms with Crippen LogP contribution >= 0.6 is 11.6 Å². The van der Waals surface area contributed by atoms with Crippen LogP contribution in [0.5, 0.6) is 0 Å². The van der Waals surface area contributed by atoms with Crippen molar-refractivity contribution in [1.82, 2.24) is 5.32 Å². The van der Waals surface area contributed by atoms with Crippen molar-refractivity contribution in [3.63, 3.8) is 0 Å². The van der Waals surface area contributed by atoms with E-state index in [9.17, 15) is 0 Å². The van der Waals surface area contributed by atoms with Crippen molar-refractivity contribution < 1.29 is 5.11 Å². The van der Waals surface area contributed by atoms with E-state index in [1.54, 1.807) is 6.92 Å². The summed E-state index contributed by atoms with van der Waals surface area (Å²) in [6.45, 7) is 4.52. The molecule has 1 rings (SSSR count). The summed E-state index contributed by atoms with van der Waals surface area (Å²) in [6.07, 6.45) is 0.654. The van der Waals surface area contributed by atoms with E-state index < -0.39 is 0 Å². The van der Waals surface area contributed by atoms with E-state index >= 15 is 0 Å². The van der Waals surface area contributed by atoms with Gasteiger partial charge in [-0.15, -0.1) is 0 Å². The molecule has 0 spiro atoms. The minimum absolute atomic E-state index is 0.294. The summed E-state index contributed by atoms with van der Waals surface area (Å²) in [6, 6.07) is 8.23. The number of aliphatic hydroxyl groups is 1. The fourth-order valence-electron chi connectivity index (χ4n) is 1.42. The van der Waals surface area contributed by atoms with Gasteiger partial charge in [-0.05, 0) is 38.0 Å². The predicted molar refractivity (Wildman–Crippen MR) is 64.3 cm³/mol. The van der Waals surface area contributed by atoms with Crippen LogP contribution in [0.3, 0.4) is 0 Å². The minimum Gasteiger partial charge on any atom is -0.392 e. The van der Waals surface area contributed by atoms with Crippen molar-refractivity contribution in [3.05, 3.63) is 34.9 Å². The first-order valence-electron chi connectivity index (χ1n) is 5.24. The number of halogens is 1. The van der Waals surface area contributed by atoms with Crippen LogP contribution in [-0.2, 0) is 6.42 Å². The maximum absolute atomic E-state index is 9.12. The second kappa shape index (κ2) is 6.11. The molecule has 0 aliphatic carbocycles. The highest BCUT2D eigenvalue weighted by atomic mass is 35.5. The first-order valence-corrected chi connectivity index (χ1v) is 5.61. The van der Waals surface area contributed by atoms with Crippen molar-refractivity contribution in [2.24, 2.45) is 0 Å². The molecule has 84 valence electrons. The van der Waals surface area contributed by atoms with E-state index in [4.69, 9.17) is 16.7 Å². The molecule has 0 saturated heterocycles. The molecule has 2 nitrogen and oxygen atoms in total. The lowest BCUT2D eigenvalue weighted by Gasteiger charge is -2.15. The molecule has 0 bridgehead atoms. The van der Waals surface area contributed by atoms with Gasteiger partial charge in [0.15, 0.2) is 0 Å². The van der Waals surface area contributed by atoms with Gasteiger partial charge in [-0.3, -0.25) is 0 Å². The van der Waals surface area contributed by atoms with Crippen LogP contribution in [0.4, 0.5) is 0 Å². The summed E-state index contributed by atoms with van der Waals surface area (Å²) in [7, 11) is 0. The summed E-state index contributed by atoms with van der Waals surface area (Å²) in [5.41, 5.74) is 1.25. The highest BCUT2D eigenvalue weighted by Crippen LogP contribution is 2.10. The van der Waals surface area contributed by atoms with E-state index in [0.717, 1.165) is 11.4 Å². The Morgan fingerprint density at radius 2 is 1.87 bits per heavy atom. The molecular weight excluding hydrogens is 210 g/mol. The van der Waals surface area contributed by atoms with E-state index in [2.05, 4.69) is 12.2 Å². The Labute approximate surface area is 96.3 Å². The highest BCUT2D eigenvalue weighted by Gasteiger charge is 2.04. The molecule has 0 heterocycles. The topological polar surface area (TPSA) is 32.3 Å². The zero-order valence-corrected chi connectivity index (χ0v) is 9.96. The Bertz CT molecular complexity index is 284. The van der Waals surface area contributed by atoms with Gasteiger partial charge >= 0.3 is 0 Å². The third kappa shape index (κ3) is 5.17. The summed E-state index contributed by atoms with van der Waals surface area (Å²) >= 11 is 5.80. The van der Waals surface area contributed by atoms with E-state index in [-0.39, 0.29) is 6.10 Å². The number of nitrogens with one attached hydrogen (secondary N) is 1. The fourth-order valence-corrected chi connectivity index (χ4v) is 1.54. The number of rotatable bonds is 5. The lowest BCUT2D eigenvalue weighted by Crippen LogP contribution is -2.33. The van der Waals surface area contributed by atoms with E-state index in [1.807, 2.05) is 24.3 Å². The molecule has 15 heavy (non-hydrogen) atoms. The molecule has 0 saturated carbocycles. The van der Waals surface area contributed by atoms with Gasteiger partial charge in [-0.2, -0.15) is 0 Å². The van der Waals surface area contributed by atoms with Crippen molar-refractivity contribution >= 4 is 11.6 Å². The second-order valence-electron chi connectivity index (χ2n) is 3.99. The van der Waals surface area contributed by atoms with Crippen LogP contribution in [0.15, 0.2) is 24.3 Å². The SMILES string of the molecule is C[C@@H](O)CN[C@@H](C)Cc1ccc(Cl)cc1. The van der Waals surface area contributed by atoms with Gasteiger partial charge in [0.1, 0.15) is 0 Å². The number of aliphatic hydroxyl groups excluding tert-OH is 1. The zero-order valence-electron chi connectivity index (χ0n) is 9.20. The van der Waals surface area contributed by atoms with Crippen molar-refractivity contribution in [3.8, 4) is 0 Å². The van der Waals surface area contributed by atoms with Crippen LogP contribution in [0.1, 0.15) is 19.4 Å². The molecule has 3 heteroatoms. The number of hydrogen-bond donors (Lipinski definition) is 2. The predicted octanol–water partition coefficient (Wildman–Crippen LogP) is 2.24. The summed E-state index contributed by atoms with van der Waals surface area (Å²) in [5.74, 6) is 0. The smallest absolute Gasteiger partial charge is 0.0636 e. The Hall–Kier alpha value is -0.570. The van der Waals surface area contributed by atoms with Crippen LogP contribution in [0.2, 0.25) is 5.02 Å². The molecule has 0 aliphatic rings. The van der Waals surface area contributed by atoms with Crippen molar-refractivity contribution in [2.45, 2.75) is 32.4 Å². The van der Waals surface area contributed by atoms with Gasteiger partial charge in [-0.1, -0.05) is 23.7 Å². The Balaban J connectivity index is 2.37. The Morgan fingerprint density at radius 3 is 2.40 bits per heavy atom. The van der Waals surface area contributed by atoms with Crippen LogP contribution in [0.25, 0.3) is 0 Å². The quantitative estimate of drug-likeness (QED) is 0.809. The molecular formula is C12H18ClNO. The van der Waals surface area contributed by atoms with E-state index in [1.165, 1.54) is 5.56 Å². The minimum atomic E-state index is -0.294. The average molecular weight is 228 g/mol. The number of benzene rings is 1. The molecule has 0 unspecified atom stereocenters. The second-order valence-corrected chi connectivity index (χ2v) is 4.43. The lowest BCUT2D eigenvalue weighted by atomic mass is 10.1. The fraction of sp³-hybridized carbons (Fsp3) is 0.500. The number of hydrogen-bond acceptors (Lipinski definition) is 2. The molecule has 0 aromatic heterocycles. The molecule has 2 atom stereocenters. The largest absolute Gasteiger partial charge is 0.392 e. The summed E-state index contributed by atoms with van der Waals surface area (Å²) < 4.78 is 0. The Morgan fingerprint density at radius 1 is 1.27 bits per heavy atom. The third-order valence-electron chi connectivity index (χ3n) is 2.22. The molecule has 1 aromatic rings. The monoisotopic (exact) mass is 227 g/mol. The van der Waals surface area contributed by atoms with Gasteiger partial charge < -0.3 is 10.4 Å². The van der Waals surface area contributed by atoms with Crippen LogP contribution in [0, 0.1) is 0 Å². The first-order chi connectivity index (χ1) is 7.08. The molecule has 0 aliphatic heterocycles. The molecule has 1 aromatic carbocycles. The average Bonchev–Trinajstić information content (AvgIpc) is 2.19. The maximum Gasteiger partial charge on any atom is 0.0636 e. The van der Waals surface area contributed by atoms with Gasteiger partial charge in [0.05, 0.1) is 6.10 Å². The van der Waals surface area contributed by atoms with Gasteiger partial charge in [0.2, 0.25) is 0 Å². The summed E-state index contributed by atoms with van der Waals surface area (Å²) in [4.78, 5) is 0. The lowest BCUT2D eigenvalue weighted by molar-refractivity contribution is 0.187. The standard InChI is InChI=1S/C12H18ClNO/c1-9(14-8-10(2)15)7-11-3-5-12(13)6-4-11/h3-6,9-10,14-15H,7-8H2,1-2H3/t9-,10+/m0/s1. The van der Waals surface area contributed by atoms with Crippen LogP contribution in [-0.4, -0.2) is 23.8 Å². The molecule has 2 N–H and O–H groups in total. The third-order valence-corrected chi connectivity index (χ3v) is 2.47. The normalized spacial score (nSPS) is 14.9. The first kappa shape index (κ1) is 12.5. The molecule has 0 fully saturated rings.